The van der Waals surface area contributed by atoms with Crippen LogP contribution in [-0.4, -0.2) is 23.5 Å². The van der Waals surface area contributed by atoms with Crippen LogP contribution in [0.1, 0.15) is 13.3 Å². The Kier molecular flexibility index (Phi) is 4.53. The van der Waals surface area contributed by atoms with E-state index in [9.17, 15) is 0 Å². The van der Waals surface area contributed by atoms with Crippen molar-refractivity contribution in [3.63, 3.8) is 0 Å². The minimum absolute atomic E-state index is 0.367. The first-order valence-electron chi connectivity index (χ1n) is 5.53. The molecule has 1 heterocycles. The fourth-order valence-corrected chi connectivity index (χ4v) is 3.06. The van der Waals surface area contributed by atoms with Crippen molar-refractivity contribution < 1.29 is 0 Å². The maximum atomic E-state index is 4.68. The average Bonchev–Trinajstić information content (AvgIpc) is 2.71. The summed E-state index contributed by atoms with van der Waals surface area (Å²) >= 11 is 5.40. The van der Waals surface area contributed by atoms with Gasteiger partial charge in [-0.3, -0.25) is 4.99 Å². The Morgan fingerprint density at radius 2 is 2.38 bits per heavy atom. The van der Waals surface area contributed by atoms with Crippen LogP contribution >= 0.6 is 27.7 Å². The summed E-state index contributed by atoms with van der Waals surface area (Å²) in [6.07, 6.45) is 12.8. The molecule has 0 aromatic heterocycles. The van der Waals surface area contributed by atoms with Gasteiger partial charge in [0.2, 0.25) is 0 Å². The third-order valence-corrected chi connectivity index (χ3v) is 4.68. The summed E-state index contributed by atoms with van der Waals surface area (Å²) in [6, 6.07) is 0.367. The van der Waals surface area contributed by atoms with E-state index in [1.54, 1.807) is 0 Å². The highest BCUT2D eigenvalue weighted by Crippen LogP contribution is 2.31. The van der Waals surface area contributed by atoms with E-state index in [0.717, 1.165) is 12.7 Å². The van der Waals surface area contributed by atoms with Crippen LogP contribution in [0.3, 0.4) is 0 Å². The van der Waals surface area contributed by atoms with Crippen molar-refractivity contribution in [1.82, 2.24) is 0 Å². The van der Waals surface area contributed by atoms with Crippen LogP contribution in [-0.2, 0) is 0 Å². The molecule has 83 valence electrons. The van der Waals surface area contributed by atoms with Gasteiger partial charge in [-0.2, -0.15) is 0 Å². The Bertz CT molecular complexity index is 373. The van der Waals surface area contributed by atoms with E-state index in [2.05, 4.69) is 65.5 Å². The van der Waals surface area contributed by atoms with Gasteiger partial charge in [0.25, 0.3) is 0 Å². The lowest BCUT2D eigenvalue weighted by Gasteiger charge is -2.11. The van der Waals surface area contributed by atoms with Crippen molar-refractivity contribution in [2.24, 2.45) is 4.99 Å². The van der Waals surface area contributed by atoms with Gasteiger partial charge < -0.3 is 0 Å². The Labute approximate surface area is 111 Å². The molecule has 2 unspecified atom stereocenters. The van der Waals surface area contributed by atoms with Gasteiger partial charge in [0, 0.05) is 4.94 Å². The van der Waals surface area contributed by atoms with Gasteiger partial charge in [0.05, 0.1) is 11.3 Å². The maximum Gasteiger partial charge on any atom is 0.186 e. The zero-order chi connectivity index (χ0) is 11.4. The predicted molar refractivity (Wildman–Crippen MR) is 78.7 cm³/mol. The molecule has 1 nitrogen and oxygen atoms in total. The van der Waals surface area contributed by atoms with E-state index in [-0.39, 0.29) is 0 Å². The van der Waals surface area contributed by atoms with Crippen LogP contribution in [0.5, 0.6) is 0 Å². The second kappa shape index (κ2) is 5.92. The first-order chi connectivity index (χ1) is 7.79. The molecule has 0 spiro atoms. The molecule has 1 aliphatic carbocycles. The van der Waals surface area contributed by atoms with Crippen molar-refractivity contribution >= 4 is 39.9 Å². The number of allylic oxidation sites excluding steroid dienone is 4. The number of halogens is 1. The SMILES string of the molecule is C/C=C(/Br)CC[B]C1=NC2C=CC=CC2S1. The fourth-order valence-electron chi connectivity index (χ4n) is 1.70. The lowest BCUT2D eigenvalue weighted by Crippen LogP contribution is -2.13. The first kappa shape index (κ1) is 12.2. The molecule has 0 N–H and O–H groups in total. The van der Waals surface area contributed by atoms with Gasteiger partial charge in [-0.05, 0) is 17.8 Å². The highest BCUT2D eigenvalue weighted by Gasteiger charge is 2.26. The molecular weight excluding hydrogens is 281 g/mol. The van der Waals surface area contributed by atoms with Crippen LogP contribution in [0.4, 0.5) is 0 Å². The zero-order valence-corrected chi connectivity index (χ0v) is 11.7. The minimum atomic E-state index is 0.367. The normalized spacial score (nSPS) is 27.9. The summed E-state index contributed by atoms with van der Waals surface area (Å²) in [5.41, 5.74) is 0. The molecule has 16 heavy (non-hydrogen) atoms. The maximum absolute atomic E-state index is 4.68. The summed E-state index contributed by atoms with van der Waals surface area (Å²) in [5.74, 6) is 0. The smallest absolute Gasteiger partial charge is 0.186 e. The molecular formula is C12H14BBrNS. The van der Waals surface area contributed by atoms with Gasteiger partial charge in [0.15, 0.2) is 7.28 Å². The lowest BCUT2D eigenvalue weighted by atomic mass is 9.74. The van der Waals surface area contributed by atoms with Crippen molar-refractivity contribution in [2.75, 3.05) is 0 Å². The Morgan fingerprint density at radius 1 is 1.56 bits per heavy atom. The molecule has 2 aliphatic rings. The highest BCUT2D eigenvalue weighted by molar-refractivity contribution is 9.11. The molecule has 1 radical (unpaired) electrons. The van der Waals surface area contributed by atoms with Crippen LogP contribution < -0.4 is 0 Å². The second-order valence-electron chi connectivity index (χ2n) is 3.79. The molecule has 0 fully saturated rings. The number of nitrogens with zero attached hydrogens (tertiary/aromatic N) is 1. The Morgan fingerprint density at radius 3 is 3.12 bits per heavy atom. The summed E-state index contributed by atoms with van der Waals surface area (Å²) in [4.78, 5) is 5.88. The molecule has 2 rings (SSSR count). The van der Waals surface area contributed by atoms with E-state index < -0.39 is 0 Å². The second-order valence-corrected chi connectivity index (χ2v) is 6.01. The molecule has 4 heteroatoms. The summed E-state index contributed by atoms with van der Waals surface area (Å²) in [7, 11) is 2.25. The molecule has 0 bridgehead atoms. The van der Waals surface area contributed by atoms with Gasteiger partial charge in [0.1, 0.15) is 0 Å². The number of rotatable bonds is 4. The molecule has 2 atom stereocenters. The van der Waals surface area contributed by atoms with Crippen molar-refractivity contribution in [1.29, 1.82) is 0 Å². The summed E-state index contributed by atoms with van der Waals surface area (Å²) in [5, 5.41) is 0.529. The monoisotopic (exact) mass is 294 g/mol. The van der Waals surface area contributed by atoms with Crippen molar-refractivity contribution in [2.45, 2.75) is 31.0 Å². The molecule has 0 saturated heterocycles. The van der Waals surface area contributed by atoms with Crippen molar-refractivity contribution in [3.05, 3.63) is 34.9 Å². The van der Waals surface area contributed by atoms with Crippen LogP contribution in [0, 0.1) is 0 Å². The number of hydrogen-bond donors (Lipinski definition) is 0. The summed E-state index contributed by atoms with van der Waals surface area (Å²) < 4.78 is 1.27. The lowest BCUT2D eigenvalue weighted by molar-refractivity contribution is 0.863. The Hall–Kier alpha value is -0.215. The van der Waals surface area contributed by atoms with E-state index in [1.165, 1.54) is 9.43 Å². The number of thioether (sulfide) groups is 1. The van der Waals surface area contributed by atoms with Gasteiger partial charge >= 0.3 is 0 Å². The quantitative estimate of drug-likeness (QED) is 0.719. The van der Waals surface area contributed by atoms with Gasteiger partial charge in [-0.25, -0.2) is 0 Å². The predicted octanol–water partition coefficient (Wildman–Crippen LogP) is 3.76. The standard InChI is InChI=1S/C12H14BBrNS/c1-2-9(14)7-8-13-12-15-10-5-3-4-6-11(10)16-12/h2-6,10-11H,7-8H2,1H3/b9-2+. The van der Waals surface area contributed by atoms with E-state index in [1.807, 2.05) is 11.8 Å². The third kappa shape index (κ3) is 3.14. The van der Waals surface area contributed by atoms with Crippen molar-refractivity contribution in [3.8, 4) is 0 Å². The average molecular weight is 295 g/mol. The van der Waals surface area contributed by atoms with Crippen LogP contribution in [0.15, 0.2) is 39.9 Å². The number of fused-ring (bicyclic) bond motifs is 1. The largest absolute Gasteiger partial charge is 0.285 e. The van der Waals surface area contributed by atoms with Crippen LogP contribution in [0.25, 0.3) is 0 Å². The zero-order valence-electron chi connectivity index (χ0n) is 9.27. The Balaban J connectivity index is 1.80. The molecule has 0 aromatic carbocycles. The molecule has 0 saturated carbocycles. The van der Waals surface area contributed by atoms with Gasteiger partial charge in [-0.15, -0.1) is 11.8 Å². The van der Waals surface area contributed by atoms with E-state index in [4.69, 9.17) is 0 Å². The third-order valence-electron chi connectivity index (χ3n) is 2.61. The molecule has 0 aromatic rings. The van der Waals surface area contributed by atoms with E-state index >= 15 is 0 Å². The molecule has 0 amide bonds. The molecule has 1 aliphatic heterocycles. The highest BCUT2D eigenvalue weighted by atomic mass is 79.9. The summed E-state index contributed by atoms with van der Waals surface area (Å²) in [6.45, 7) is 2.05. The fraction of sp³-hybridized carbons (Fsp3) is 0.417. The minimum Gasteiger partial charge on any atom is -0.285 e. The number of aliphatic imine (C=N–C) groups is 1. The van der Waals surface area contributed by atoms with E-state index in [0.29, 0.717) is 11.3 Å². The topological polar surface area (TPSA) is 12.4 Å². The number of hydrogen-bond acceptors (Lipinski definition) is 2. The van der Waals surface area contributed by atoms with Gasteiger partial charge in [-0.1, -0.05) is 52.6 Å². The van der Waals surface area contributed by atoms with Crippen LogP contribution in [0.2, 0.25) is 6.32 Å². The first-order valence-corrected chi connectivity index (χ1v) is 7.20.